The molecule has 0 radical (unpaired) electrons. The first-order chi connectivity index (χ1) is 15.7. The SMILES string of the molecule is CCOc1ccccc1NC(=O)C(Sc1nnc(NCc2ccco2)s1)c1ccccc1. The summed E-state index contributed by atoms with van der Waals surface area (Å²) in [4.78, 5) is 13.3. The second-order valence-electron chi connectivity index (χ2n) is 6.63. The molecule has 0 aliphatic heterocycles. The van der Waals surface area contributed by atoms with Crippen molar-refractivity contribution in [3.8, 4) is 5.75 Å². The second kappa shape index (κ2) is 10.8. The molecule has 32 heavy (non-hydrogen) atoms. The van der Waals surface area contributed by atoms with E-state index < -0.39 is 5.25 Å². The van der Waals surface area contributed by atoms with Crippen LogP contribution in [0.3, 0.4) is 0 Å². The van der Waals surface area contributed by atoms with Gasteiger partial charge in [-0.3, -0.25) is 4.79 Å². The first-order valence-corrected chi connectivity index (χ1v) is 11.8. The number of nitrogens with zero attached hydrogens (tertiary/aromatic N) is 2. The summed E-state index contributed by atoms with van der Waals surface area (Å²) in [6.07, 6.45) is 1.63. The predicted molar refractivity (Wildman–Crippen MR) is 127 cm³/mol. The molecule has 0 saturated carbocycles. The zero-order valence-electron chi connectivity index (χ0n) is 17.4. The fraction of sp³-hybridized carbons (Fsp3) is 0.174. The van der Waals surface area contributed by atoms with Gasteiger partial charge in [-0.1, -0.05) is 65.6 Å². The molecule has 2 heterocycles. The summed E-state index contributed by atoms with van der Waals surface area (Å²) < 4.78 is 11.7. The molecule has 7 nitrogen and oxygen atoms in total. The standard InChI is InChI=1S/C23H22N4O3S2/c1-2-29-19-13-7-6-12-18(19)25-21(28)20(16-9-4-3-5-10-16)31-23-27-26-22(32-23)24-15-17-11-8-14-30-17/h3-14,20H,2,15H2,1H3,(H,24,26)(H,25,28). The molecule has 0 spiro atoms. The van der Waals surface area contributed by atoms with Gasteiger partial charge in [0.05, 0.1) is 25.1 Å². The van der Waals surface area contributed by atoms with Crippen LogP contribution in [0.1, 0.15) is 23.5 Å². The minimum Gasteiger partial charge on any atom is -0.492 e. The number of furan rings is 1. The number of hydrogen-bond acceptors (Lipinski definition) is 8. The zero-order valence-corrected chi connectivity index (χ0v) is 19.0. The Kier molecular flexibility index (Phi) is 7.42. The van der Waals surface area contributed by atoms with Crippen molar-refractivity contribution in [2.45, 2.75) is 23.1 Å². The third-order valence-corrected chi connectivity index (χ3v) is 6.62. The number of para-hydroxylation sites is 2. The number of rotatable bonds is 10. The molecule has 4 rings (SSSR count). The Hall–Kier alpha value is -3.30. The van der Waals surface area contributed by atoms with Gasteiger partial charge in [0.2, 0.25) is 11.0 Å². The third-order valence-electron chi connectivity index (χ3n) is 4.40. The number of amides is 1. The van der Waals surface area contributed by atoms with E-state index >= 15 is 0 Å². The molecule has 0 saturated heterocycles. The molecule has 2 aromatic heterocycles. The molecule has 0 bridgehead atoms. The van der Waals surface area contributed by atoms with Crippen LogP contribution in [-0.2, 0) is 11.3 Å². The van der Waals surface area contributed by atoms with Crippen molar-refractivity contribution in [1.82, 2.24) is 10.2 Å². The maximum absolute atomic E-state index is 13.3. The van der Waals surface area contributed by atoms with Gasteiger partial charge in [-0.25, -0.2) is 0 Å². The van der Waals surface area contributed by atoms with Crippen molar-refractivity contribution >= 4 is 39.8 Å². The first-order valence-electron chi connectivity index (χ1n) is 10.1. The number of nitrogens with one attached hydrogen (secondary N) is 2. The molecule has 4 aromatic rings. The van der Waals surface area contributed by atoms with Crippen molar-refractivity contribution in [2.24, 2.45) is 0 Å². The van der Waals surface area contributed by atoms with Gasteiger partial charge in [0.1, 0.15) is 16.8 Å². The molecular weight excluding hydrogens is 444 g/mol. The Labute approximate surface area is 194 Å². The number of thioether (sulfide) groups is 1. The minimum atomic E-state index is -0.503. The molecule has 1 unspecified atom stereocenters. The van der Waals surface area contributed by atoms with E-state index in [1.165, 1.54) is 23.1 Å². The monoisotopic (exact) mass is 466 g/mol. The summed E-state index contributed by atoms with van der Waals surface area (Å²) in [7, 11) is 0. The summed E-state index contributed by atoms with van der Waals surface area (Å²) in [5.41, 5.74) is 1.52. The number of ether oxygens (including phenoxy) is 1. The van der Waals surface area contributed by atoms with E-state index in [1.807, 2.05) is 73.7 Å². The van der Waals surface area contributed by atoms with Crippen LogP contribution in [0, 0.1) is 0 Å². The fourth-order valence-corrected chi connectivity index (χ4v) is 4.90. The van der Waals surface area contributed by atoms with Crippen LogP contribution in [0.25, 0.3) is 0 Å². The van der Waals surface area contributed by atoms with E-state index in [2.05, 4.69) is 20.8 Å². The topological polar surface area (TPSA) is 89.3 Å². The average molecular weight is 467 g/mol. The largest absolute Gasteiger partial charge is 0.492 e. The molecule has 0 aliphatic rings. The van der Waals surface area contributed by atoms with E-state index in [9.17, 15) is 4.79 Å². The Morgan fingerprint density at radius 3 is 2.69 bits per heavy atom. The highest BCUT2D eigenvalue weighted by Gasteiger charge is 2.25. The Bertz CT molecular complexity index is 1130. The lowest BCUT2D eigenvalue weighted by atomic mass is 10.1. The van der Waals surface area contributed by atoms with Gasteiger partial charge in [0.25, 0.3) is 0 Å². The number of aromatic nitrogens is 2. The summed E-state index contributed by atoms with van der Waals surface area (Å²) in [5.74, 6) is 1.29. The van der Waals surface area contributed by atoms with Crippen molar-refractivity contribution in [3.63, 3.8) is 0 Å². The van der Waals surface area contributed by atoms with Crippen molar-refractivity contribution in [1.29, 1.82) is 0 Å². The van der Waals surface area contributed by atoms with Crippen LogP contribution < -0.4 is 15.4 Å². The van der Waals surface area contributed by atoms with Gasteiger partial charge in [-0.15, -0.1) is 10.2 Å². The molecule has 2 aromatic carbocycles. The maximum atomic E-state index is 13.3. The smallest absolute Gasteiger partial charge is 0.242 e. The molecular formula is C23H22N4O3S2. The lowest BCUT2D eigenvalue weighted by molar-refractivity contribution is -0.115. The molecule has 0 aliphatic carbocycles. The fourth-order valence-electron chi connectivity index (χ4n) is 2.96. The van der Waals surface area contributed by atoms with Gasteiger partial charge in [-0.05, 0) is 36.8 Å². The van der Waals surface area contributed by atoms with E-state index in [0.29, 0.717) is 34.1 Å². The van der Waals surface area contributed by atoms with Crippen LogP contribution in [0.2, 0.25) is 0 Å². The van der Waals surface area contributed by atoms with E-state index in [4.69, 9.17) is 9.15 Å². The second-order valence-corrected chi connectivity index (χ2v) is 8.96. The van der Waals surface area contributed by atoms with Gasteiger partial charge in [0, 0.05) is 0 Å². The van der Waals surface area contributed by atoms with Crippen LogP contribution in [0.4, 0.5) is 10.8 Å². The van der Waals surface area contributed by atoms with E-state index in [-0.39, 0.29) is 5.91 Å². The van der Waals surface area contributed by atoms with Crippen LogP contribution in [0.5, 0.6) is 5.75 Å². The molecule has 0 fully saturated rings. The molecule has 2 N–H and O–H groups in total. The number of carbonyl (C=O) groups excluding carboxylic acids is 1. The normalized spacial score (nSPS) is 11.7. The van der Waals surface area contributed by atoms with Gasteiger partial charge in [-0.2, -0.15) is 0 Å². The lowest BCUT2D eigenvalue weighted by Gasteiger charge is -2.17. The van der Waals surface area contributed by atoms with Crippen LogP contribution in [0.15, 0.2) is 81.8 Å². The van der Waals surface area contributed by atoms with Crippen molar-refractivity contribution < 1.29 is 13.9 Å². The quantitative estimate of drug-likeness (QED) is 0.293. The number of hydrogen-bond donors (Lipinski definition) is 2. The summed E-state index contributed by atoms with van der Waals surface area (Å²) in [6, 6.07) is 20.8. The lowest BCUT2D eigenvalue weighted by Crippen LogP contribution is -2.19. The van der Waals surface area contributed by atoms with Gasteiger partial charge < -0.3 is 19.8 Å². The van der Waals surface area contributed by atoms with Crippen molar-refractivity contribution in [3.05, 3.63) is 84.3 Å². The summed E-state index contributed by atoms with van der Waals surface area (Å²) in [5, 5.41) is 14.8. The predicted octanol–water partition coefficient (Wildman–Crippen LogP) is 5.61. The highest BCUT2D eigenvalue weighted by Crippen LogP contribution is 2.39. The van der Waals surface area contributed by atoms with Gasteiger partial charge >= 0.3 is 0 Å². The summed E-state index contributed by atoms with van der Waals surface area (Å²) >= 11 is 2.76. The van der Waals surface area contributed by atoms with Gasteiger partial charge in [0.15, 0.2) is 4.34 Å². The highest BCUT2D eigenvalue weighted by atomic mass is 32.2. The molecule has 9 heteroatoms. The molecule has 1 atom stereocenters. The number of benzene rings is 2. The number of carbonyl (C=O) groups is 1. The van der Waals surface area contributed by atoms with Crippen molar-refractivity contribution in [2.75, 3.05) is 17.2 Å². The average Bonchev–Trinajstić information content (AvgIpc) is 3.50. The summed E-state index contributed by atoms with van der Waals surface area (Å²) in [6.45, 7) is 2.94. The minimum absolute atomic E-state index is 0.159. The number of anilines is 2. The van der Waals surface area contributed by atoms with E-state index in [1.54, 1.807) is 6.26 Å². The molecule has 1 amide bonds. The first kappa shape index (κ1) is 21.9. The zero-order chi connectivity index (χ0) is 22.2. The highest BCUT2D eigenvalue weighted by molar-refractivity contribution is 8.02. The Morgan fingerprint density at radius 2 is 1.91 bits per heavy atom. The maximum Gasteiger partial charge on any atom is 0.242 e. The third kappa shape index (κ3) is 5.68. The Balaban J connectivity index is 1.50. The molecule has 164 valence electrons. The van der Waals surface area contributed by atoms with Crippen LogP contribution in [-0.4, -0.2) is 22.7 Å². The van der Waals surface area contributed by atoms with Crippen LogP contribution >= 0.6 is 23.1 Å². The van der Waals surface area contributed by atoms with E-state index in [0.717, 1.165) is 11.3 Å². The Morgan fingerprint density at radius 1 is 1.09 bits per heavy atom.